The van der Waals surface area contributed by atoms with Gasteiger partial charge in [-0.25, -0.2) is 4.79 Å². The molecule has 1 fully saturated rings. The van der Waals surface area contributed by atoms with Gasteiger partial charge in [0, 0.05) is 17.5 Å². The van der Waals surface area contributed by atoms with Gasteiger partial charge in [-0.3, -0.25) is 0 Å². The summed E-state index contributed by atoms with van der Waals surface area (Å²) in [5.41, 5.74) is 1.77. The van der Waals surface area contributed by atoms with E-state index in [-0.39, 0.29) is 17.6 Å². The van der Waals surface area contributed by atoms with Gasteiger partial charge in [0.05, 0.1) is 0 Å². The lowest BCUT2D eigenvalue weighted by Gasteiger charge is -2.36. The third-order valence-corrected chi connectivity index (χ3v) is 3.95. The second-order valence-electron chi connectivity index (χ2n) is 6.57. The molecule has 0 radical (unpaired) electrons. The summed E-state index contributed by atoms with van der Waals surface area (Å²) >= 11 is 0. The van der Waals surface area contributed by atoms with Crippen LogP contribution in [0.5, 0.6) is 0 Å². The fourth-order valence-corrected chi connectivity index (χ4v) is 3.02. The highest BCUT2D eigenvalue weighted by Crippen LogP contribution is 2.48. The number of nitrogens with zero attached hydrogens (tertiary/aromatic N) is 1. The first kappa shape index (κ1) is 11.6. The zero-order valence-electron chi connectivity index (χ0n) is 11.4. The lowest BCUT2D eigenvalue weighted by Crippen LogP contribution is -2.49. The molecule has 0 aliphatic carbocycles. The van der Waals surface area contributed by atoms with Gasteiger partial charge < -0.3 is 9.64 Å². The van der Waals surface area contributed by atoms with E-state index in [4.69, 9.17) is 4.74 Å². The topological polar surface area (TPSA) is 29.5 Å². The molecule has 0 saturated carbocycles. The van der Waals surface area contributed by atoms with Crippen LogP contribution in [-0.2, 0) is 16.0 Å². The first-order chi connectivity index (χ1) is 8.34. The predicted octanol–water partition coefficient (Wildman–Crippen LogP) is 2.74. The summed E-state index contributed by atoms with van der Waals surface area (Å²) in [7, 11) is 0. The summed E-state index contributed by atoms with van der Waals surface area (Å²) in [5, 5.41) is 0. The Kier molecular flexibility index (Phi) is 2.11. The van der Waals surface area contributed by atoms with E-state index in [2.05, 4.69) is 37.8 Å². The van der Waals surface area contributed by atoms with Crippen LogP contribution in [0.3, 0.4) is 0 Å². The van der Waals surface area contributed by atoms with Crippen molar-refractivity contribution in [3.05, 3.63) is 29.8 Å². The summed E-state index contributed by atoms with van der Waals surface area (Å²) < 4.78 is 5.64. The number of carbonyl (C=O) groups excluding carboxylic acids is 1. The Morgan fingerprint density at radius 2 is 2.00 bits per heavy atom. The number of ether oxygens (including phenoxy) is 1. The number of benzene rings is 1. The average molecular weight is 245 g/mol. The third-order valence-electron chi connectivity index (χ3n) is 3.95. The van der Waals surface area contributed by atoms with E-state index >= 15 is 0 Å². The van der Waals surface area contributed by atoms with Crippen LogP contribution in [0.2, 0.25) is 0 Å². The van der Waals surface area contributed by atoms with Crippen LogP contribution in [0.4, 0.5) is 5.69 Å². The monoisotopic (exact) mass is 245 g/mol. The minimum atomic E-state index is -0.526. The largest absolute Gasteiger partial charge is 0.439 e. The number of esters is 1. The highest BCUT2D eigenvalue weighted by molar-refractivity contribution is 5.92. The first-order valence-corrected chi connectivity index (χ1v) is 6.42. The second kappa shape index (κ2) is 3.28. The number of anilines is 1. The molecule has 18 heavy (non-hydrogen) atoms. The van der Waals surface area contributed by atoms with Gasteiger partial charge in [0.1, 0.15) is 5.54 Å². The van der Waals surface area contributed by atoms with Crippen LogP contribution in [0.15, 0.2) is 24.3 Å². The maximum absolute atomic E-state index is 12.2. The van der Waals surface area contributed by atoms with Gasteiger partial charge in [0.15, 0.2) is 6.23 Å². The van der Waals surface area contributed by atoms with E-state index in [1.54, 1.807) is 0 Å². The van der Waals surface area contributed by atoms with Gasteiger partial charge in [0.2, 0.25) is 0 Å². The van der Waals surface area contributed by atoms with Crippen LogP contribution in [0, 0.1) is 5.41 Å². The molecule has 2 heterocycles. The van der Waals surface area contributed by atoms with Crippen molar-refractivity contribution in [3.8, 4) is 0 Å². The van der Waals surface area contributed by atoms with E-state index < -0.39 is 5.54 Å². The van der Waals surface area contributed by atoms with Gasteiger partial charge in [-0.15, -0.1) is 0 Å². The van der Waals surface area contributed by atoms with Crippen molar-refractivity contribution >= 4 is 11.7 Å². The quantitative estimate of drug-likeness (QED) is 0.658. The lowest BCUT2D eigenvalue weighted by atomic mass is 9.92. The number of para-hydroxylation sites is 1. The fraction of sp³-hybridized carbons (Fsp3) is 0.533. The molecule has 1 saturated heterocycles. The Balaban J connectivity index is 2.14. The zero-order valence-corrected chi connectivity index (χ0v) is 11.4. The molecule has 1 aromatic rings. The van der Waals surface area contributed by atoms with E-state index in [9.17, 15) is 4.79 Å². The van der Waals surface area contributed by atoms with Gasteiger partial charge in [-0.1, -0.05) is 39.0 Å². The average Bonchev–Trinajstić information content (AvgIpc) is 2.70. The predicted molar refractivity (Wildman–Crippen MR) is 70.4 cm³/mol. The Bertz CT molecular complexity index is 517. The minimum absolute atomic E-state index is 0.0924. The number of hydrogen-bond acceptors (Lipinski definition) is 3. The zero-order chi connectivity index (χ0) is 13.1. The molecule has 3 nitrogen and oxygen atoms in total. The van der Waals surface area contributed by atoms with Gasteiger partial charge in [0.25, 0.3) is 0 Å². The fourth-order valence-electron chi connectivity index (χ4n) is 3.02. The maximum Gasteiger partial charge on any atom is 0.334 e. The molecule has 3 heteroatoms. The molecule has 0 bridgehead atoms. The van der Waals surface area contributed by atoms with Crippen LogP contribution < -0.4 is 4.90 Å². The number of fused-ring (bicyclic) bond motifs is 3. The van der Waals surface area contributed by atoms with Gasteiger partial charge in [-0.05, 0) is 18.6 Å². The molecule has 3 rings (SSSR count). The highest BCUT2D eigenvalue weighted by Gasteiger charge is 2.58. The highest BCUT2D eigenvalue weighted by atomic mass is 16.6. The van der Waals surface area contributed by atoms with Crippen LogP contribution >= 0.6 is 0 Å². The van der Waals surface area contributed by atoms with Crippen molar-refractivity contribution < 1.29 is 9.53 Å². The molecule has 0 unspecified atom stereocenters. The van der Waals surface area contributed by atoms with Gasteiger partial charge in [-0.2, -0.15) is 0 Å². The van der Waals surface area contributed by atoms with Crippen molar-refractivity contribution in [1.29, 1.82) is 0 Å². The number of cyclic esters (lactones) is 1. The molecule has 0 spiro atoms. The Morgan fingerprint density at radius 1 is 1.33 bits per heavy atom. The summed E-state index contributed by atoms with van der Waals surface area (Å²) in [5.74, 6) is -0.0985. The normalized spacial score (nSPS) is 30.1. The molecule has 0 aromatic heterocycles. The summed E-state index contributed by atoms with van der Waals surface area (Å²) in [6, 6.07) is 8.24. The Labute approximate surface area is 108 Å². The number of hydrogen-bond donors (Lipinski definition) is 0. The van der Waals surface area contributed by atoms with E-state index in [1.165, 1.54) is 5.56 Å². The van der Waals surface area contributed by atoms with Crippen molar-refractivity contribution in [1.82, 2.24) is 0 Å². The Morgan fingerprint density at radius 3 is 2.67 bits per heavy atom. The molecular formula is C15H19NO2. The smallest absolute Gasteiger partial charge is 0.334 e. The first-order valence-electron chi connectivity index (χ1n) is 6.42. The Hall–Kier alpha value is -1.51. The van der Waals surface area contributed by atoms with Crippen molar-refractivity contribution in [2.24, 2.45) is 5.41 Å². The third kappa shape index (κ3) is 1.33. The molecule has 2 aliphatic rings. The molecule has 2 atom stereocenters. The molecule has 2 aliphatic heterocycles. The van der Waals surface area contributed by atoms with E-state index in [0.717, 1.165) is 12.1 Å². The second-order valence-corrected chi connectivity index (χ2v) is 6.57. The van der Waals surface area contributed by atoms with Crippen molar-refractivity contribution in [3.63, 3.8) is 0 Å². The van der Waals surface area contributed by atoms with Crippen LogP contribution in [-0.4, -0.2) is 17.7 Å². The van der Waals surface area contributed by atoms with Gasteiger partial charge >= 0.3 is 5.97 Å². The standard InChI is InChI=1S/C15H19NO2/c1-14(2,3)12-16-11-8-6-5-7-10(11)9-15(16,4)13(17)18-12/h5-8,12H,9H2,1-4H3/t12-,15+/m0/s1. The number of carbonyl (C=O) groups is 1. The molecule has 0 amide bonds. The molecule has 1 aromatic carbocycles. The van der Waals surface area contributed by atoms with Crippen molar-refractivity contribution in [2.45, 2.75) is 45.9 Å². The van der Waals surface area contributed by atoms with Crippen molar-refractivity contribution in [2.75, 3.05) is 4.90 Å². The minimum Gasteiger partial charge on any atom is -0.439 e. The lowest BCUT2D eigenvalue weighted by molar-refractivity contribution is -0.148. The summed E-state index contributed by atoms with van der Waals surface area (Å²) in [6.07, 6.45) is 0.563. The van der Waals surface area contributed by atoms with E-state index in [0.29, 0.717) is 0 Å². The van der Waals surface area contributed by atoms with Crippen LogP contribution in [0.25, 0.3) is 0 Å². The van der Waals surface area contributed by atoms with E-state index in [1.807, 2.05) is 19.1 Å². The van der Waals surface area contributed by atoms with Crippen LogP contribution in [0.1, 0.15) is 33.3 Å². The summed E-state index contributed by atoms with van der Waals surface area (Å²) in [4.78, 5) is 14.4. The molecule has 96 valence electrons. The maximum atomic E-state index is 12.2. The SMILES string of the molecule is CC(C)(C)[C@@H]1OC(=O)[C@@]2(C)Cc3ccccc3N12. The molecule has 0 N–H and O–H groups in total. The molecular weight excluding hydrogens is 226 g/mol. The summed E-state index contributed by atoms with van der Waals surface area (Å²) in [6.45, 7) is 8.31. The number of rotatable bonds is 0.